The molecule has 11 heteroatoms. The number of benzene rings is 3. The first-order chi connectivity index (χ1) is 18.7. The summed E-state index contributed by atoms with van der Waals surface area (Å²) in [7, 11) is 0. The standard InChI is InChI=1S/C28H23Cl2FN2O6/c1-3-37-19-9-10-24(38-4-2)23(14-19)33-27(35)20(26(34)32-28(33)36)11-17-12-21(29)25(22(30)13-17)39-15-16-5-7-18(31)8-6-16/h5-14H,3-4,15H2,1-2H3,(H,32,34,36)/b20-11+. The van der Waals surface area contributed by atoms with Gasteiger partial charge in [0, 0.05) is 6.07 Å². The van der Waals surface area contributed by atoms with E-state index in [0.717, 1.165) is 4.90 Å². The Hall–Kier alpha value is -4.08. The number of rotatable bonds is 9. The highest BCUT2D eigenvalue weighted by Gasteiger charge is 2.38. The van der Waals surface area contributed by atoms with Crippen LogP contribution in [0.5, 0.6) is 17.2 Å². The number of halogens is 3. The first kappa shape index (κ1) is 27.9. The average Bonchev–Trinajstić information content (AvgIpc) is 2.89. The molecule has 8 nitrogen and oxygen atoms in total. The van der Waals surface area contributed by atoms with Gasteiger partial charge in [0.15, 0.2) is 5.75 Å². The van der Waals surface area contributed by atoms with Gasteiger partial charge in [0.1, 0.15) is 29.5 Å². The van der Waals surface area contributed by atoms with E-state index in [4.69, 9.17) is 37.4 Å². The van der Waals surface area contributed by atoms with Gasteiger partial charge in [-0.1, -0.05) is 35.3 Å². The first-order valence-corrected chi connectivity index (χ1v) is 12.6. The second-order valence-corrected chi connectivity index (χ2v) is 9.00. The largest absolute Gasteiger partial charge is 0.494 e. The van der Waals surface area contributed by atoms with Crippen LogP contribution in [0.4, 0.5) is 14.9 Å². The molecule has 0 saturated carbocycles. The number of nitrogens with zero attached hydrogens (tertiary/aromatic N) is 1. The highest BCUT2D eigenvalue weighted by Crippen LogP contribution is 2.37. The third kappa shape index (κ3) is 6.32. The van der Waals surface area contributed by atoms with Crippen LogP contribution in [-0.2, 0) is 16.2 Å². The molecule has 1 saturated heterocycles. The van der Waals surface area contributed by atoms with Crippen LogP contribution in [0.3, 0.4) is 0 Å². The molecule has 1 aliphatic rings. The molecule has 1 fully saturated rings. The molecule has 3 aromatic carbocycles. The van der Waals surface area contributed by atoms with E-state index in [2.05, 4.69) is 5.32 Å². The Labute approximate surface area is 233 Å². The lowest BCUT2D eigenvalue weighted by atomic mass is 10.1. The van der Waals surface area contributed by atoms with Gasteiger partial charge in [0.25, 0.3) is 11.8 Å². The molecule has 0 aromatic heterocycles. The lowest BCUT2D eigenvalue weighted by molar-refractivity contribution is -0.122. The number of urea groups is 1. The van der Waals surface area contributed by atoms with Gasteiger partial charge in [-0.3, -0.25) is 14.9 Å². The van der Waals surface area contributed by atoms with Crippen LogP contribution in [0.25, 0.3) is 6.08 Å². The number of carbonyl (C=O) groups excluding carboxylic acids is 3. The van der Waals surface area contributed by atoms with E-state index in [1.165, 1.54) is 36.4 Å². The highest BCUT2D eigenvalue weighted by atomic mass is 35.5. The first-order valence-electron chi connectivity index (χ1n) is 11.9. The van der Waals surface area contributed by atoms with Gasteiger partial charge in [-0.05, 0) is 67.4 Å². The number of hydrogen-bond donors (Lipinski definition) is 1. The maximum Gasteiger partial charge on any atom is 0.336 e. The van der Waals surface area contributed by atoms with Crippen LogP contribution < -0.4 is 24.4 Å². The minimum Gasteiger partial charge on any atom is -0.494 e. The third-order valence-corrected chi connectivity index (χ3v) is 6.07. The monoisotopic (exact) mass is 572 g/mol. The predicted molar refractivity (Wildman–Crippen MR) is 145 cm³/mol. The molecule has 0 bridgehead atoms. The van der Waals surface area contributed by atoms with Crippen LogP contribution in [0, 0.1) is 5.82 Å². The molecular formula is C28H23Cl2FN2O6. The number of imide groups is 2. The number of anilines is 1. The minimum atomic E-state index is -0.933. The van der Waals surface area contributed by atoms with E-state index in [1.807, 2.05) is 0 Å². The quantitative estimate of drug-likeness (QED) is 0.243. The number of amides is 4. The molecular weight excluding hydrogens is 550 g/mol. The van der Waals surface area contributed by atoms with Crippen molar-refractivity contribution >= 4 is 52.8 Å². The molecule has 3 aromatic rings. The molecule has 0 spiro atoms. The molecule has 39 heavy (non-hydrogen) atoms. The SMILES string of the molecule is CCOc1ccc(OCC)c(N2C(=O)NC(=O)/C(=C\c3cc(Cl)c(OCc4ccc(F)cc4)c(Cl)c3)C2=O)c1. The van der Waals surface area contributed by atoms with Crippen molar-refractivity contribution in [1.29, 1.82) is 0 Å². The van der Waals surface area contributed by atoms with Gasteiger partial charge in [0.2, 0.25) is 0 Å². The fraction of sp³-hybridized carbons (Fsp3) is 0.179. The topological polar surface area (TPSA) is 94.2 Å². The van der Waals surface area contributed by atoms with Gasteiger partial charge in [-0.15, -0.1) is 0 Å². The summed E-state index contributed by atoms with van der Waals surface area (Å²) in [6, 6.07) is 12.5. The number of carbonyl (C=O) groups is 3. The lowest BCUT2D eigenvalue weighted by Gasteiger charge is -2.28. The third-order valence-electron chi connectivity index (χ3n) is 5.51. The van der Waals surface area contributed by atoms with E-state index in [-0.39, 0.29) is 51.8 Å². The number of nitrogens with one attached hydrogen (secondary N) is 1. The van der Waals surface area contributed by atoms with Crippen LogP contribution in [0.15, 0.2) is 60.2 Å². The molecule has 1 N–H and O–H groups in total. The average molecular weight is 573 g/mol. The van der Waals surface area contributed by atoms with Crippen molar-refractivity contribution in [2.24, 2.45) is 0 Å². The van der Waals surface area contributed by atoms with Gasteiger partial charge >= 0.3 is 6.03 Å². The summed E-state index contributed by atoms with van der Waals surface area (Å²) >= 11 is 12.8. The van der Waals surface area contributed by atoms with Crippen molar-refractivity contribution < 1.29 is 33.0 Å². The van der Waals surface area contributed by atoms with Crippen LogP contribution in [-0.4, -0.2) is 31.1 Å². The maximum absolute atomic E-state index is 13.5. The molecule has 1 heterocycles. The summed E-state index contributed by atoms with van der Waals surface area (Å²) in [6.07, 6.45) is 1.27. The summed E-state index contributed by atoms with van der Waals surface area (Å²) in [5, 5.41) is 2.42. The van der Waals surface area contributed by atoms with Crippen molar-refractivity contribution in [3.63, 3.8) is 0 Å². The van der Waals surface area contributed by atoms with E-state index in [9.17, 15) is 18.8 Å². The van der Waals surface area contributed by atoms with Crippen LogP contribution in [0.1, 0.15) is 25.0 Å². The van der Waals surface area contributed by atoms with Crippen LogP contribution in [0.2, 0.25) is 10.0 Å². The van der Waals surface area contributed by atoms with E-state index in [1.54, 1.807) is 38.1 Å². The van der Waals surface area contributed by atoms with Crippen molar-refractivity contribution in [3.05, 3.63) is 87.2 Å². The van der Waals surface area contributed by atoms with Gasteiger partial charge in [-0.2, -0.15) is 0 Å². The summed E-state index contributed by atoms with van der Waals surface area (Å²) in [5.41, 5.74) is 0.805. The Morgan fingerprint density at radius 2 is 1.56 bits per heavy atom. The summed E-state index contributed by atoms with van der Waals surface area (Å²) in [4.78, 5) is 39.7. The maximum atomic E-state index is 13.5. The van der Waals surface area contributed by atoms with Gasteiger partial charge in [-0.25, -0.2) is 14.1 Å². The zero-order valence-electron chi connectivity index (χ0n) is 20.9. The summed E-state index contributed by atoms with van der Waals surface area (Å²) in [6.45, 7) is 4.28. The fourth-order valence-electron chi connectivity index (χ4n) is 3.79. The van der Waals surface area contributed by atoms with Gasteiger partial charge < -0.3 is 14.2 Å². The zero-order valence-corrected chi connectivity index (χ0v) is 22.4. The van der Waals surface area contributed by atoms with E-state index >= 15 is 0 Å². The predicted octanol–water partition coefficient (Wildman–Crippen LogP) is 6.18. The van der Waals surface area contributed by atoms with Crippen LogP contribution >= 0.6 is 23.2 Å². The van der Waals surface area contributed by atoms with E-state index < -0.39 is 17.8 Å². The zero-order chi connectivity index (χ0) is 28.1. The Balaban J connectivity index is 1.64. The second kappa shape index (κ2) is 12.2. The van der Waals surface area contributed by atoms with Crippen molar-refractivity contribution in [2.45, 2.75) is 20.5 Å². The number of ether oxygens (including phenoxy) is 3. The Kier molecular flexibility index (Phi) is 8.73. The minimum absolute atomic E-state index is 0.0844. The second-order valence-electron chi connectivity index (χ2n) is 8.18. The van der Waals surface area contributed by atoms with E-state index in [0.29, 0.717) is 23.5 Å². The molecule has 1 aliphatic heterocycles. The van der Waals surface area contributed by atoms with Crippen molar-refractivity contribution in [3.8, 4) is 17.2 Å². The van der Waals surface area contributed by atoms with Gasteiger partial charge in [0.05, 0.1) is 28.9 Å². The number of barbiturate groups is 1. The lowest BCUT2D eigenvalue weighted by Crippen LogP contribution is -2.54. The summed E-state index contributed by atoms with van der Waals surface area (Å²) < 4.78 is 30.0. The highest BCUT2D eigenvalue weighted by molar-refractivity contribution is 6.40. The molecule has 0 radical (unpaired) electrons. The normalized spacial score (nSPS) is 14.4. The smallest absolute Gasteiger partial charge is 0.336 e. The molecule has 4 amide bonds. The Bertz CT molecular complexity index is 1440. The van der Waals surface area contributed by atoms with Crippen molar-refractivity contribution in [1.82, 2.24) is 5.32 Å². The Morgan fingerprint density at radius 3 is 2.21 bits per heavy atom. The molecule has 4 rings (SSSR count). The number of hydrogen-bond acceptors (Lipinski definition) is 6. The van der Waals surface area contributed by atoms with Crippen molar-refractivity contribution in [2.75, 3.05) is 18.1 Å². The molecule has 0 unspecified atom stereocenters. The fourth-order valence-corrected chi connectivity index (χ4v) is 4.40. The Morgan fingerprint density at radius 1 is 0.897 bits per heavy atom. The molecule has 202 valence electrons. The summed E-state index contributed by atoms with van der Waals surface area (Å²) in [5.74, 6) is -1.29. The molecule has 0 aliphatic carbocycles. The molecule has 0 atom stereocenters.